The van der Waals surface area contributed by atoms with Crippen LogP contribution in [0.3, 0.4) is 0 Å². The molecule has 152 valence electrons. The van der Waals surface area contributed by atoms with Gasteiger partial charge in [-0.1, -0.05) is 0 Å². The Hall–Kier alpha value is -2.64. The molecule has 2 aliphatic rings. The lowest BCUT2D eigenvalue weighted by molar-refractivity contribution is -0.384. The van der Waals surface area contributed by atoms with Crippen molar-refractivity contribution in [1.29, 1.82) is 0 Å². The third-order valence-electron chi connectivity index (χ3n) is 5.46. The lowest BCUT2D eigenvalue weighted by atomic mass is 9.94. The van der Waals surface area contributed by atoms with Crippen LogP contribution in [0.5, 0.6) is 0 Å². The summed E-state index contributed by atoms with van der Waals surface area (Å²) in [5.41, 5.74) is 0.724. The molecule has 0 radical (unpaired) electrons. The summed E-state index contributed by atoms with van der Waals surface area (Å²) in [6.07, 6.45) is 3.55. The summed E-state index contributed by atoms with van der Waals surface area (Å²) >= 11 is 0. The van der Waals surface area contributed by atoms with E-state index in [1.165, 1.54) is 6.07 Å². The molecule has 1 N–H and O–H groups in total. The molecular weight excluding hydrogens is 360 g/mol. The van der Waals surface area contributed by atoms with Crippen LogP contribution in [0.1, 0.15) is 49.9 Å². The van der Waals surface area contributed by atoms with Gasteiger partial charge in [0.15, 0.2) is 0 Å². The van der Waals surface area contributed by atoms with Crippen molar-refractivity contribution in [3.63, 3.8) is 0 Å². The van der Waals surface area contributed by atoms with Gasteiger partial charge in [0.1, 0.15) is 5.69 Å². The monoisotopic (exact) mass is 388 g/mol. The first kappa shape index (κ1) is 20.1. The molecule has 0 bridgehead atoms. The fraction of sp³-hybridized carbons (Fsp3) is 0.600. The number of nitrogens with one attached hydrogen (secondary N) is 1. The zero-order valence-corrected chi connectivity index (χ0v) is 16.5. The summed E-state index contributed by atoms with van der Waals surface area (Å²) < 4.78 is 0. The molecule has 2 heterocycles. The van der Waals surface area contributed by atoms with Crippen LogP contribution < -0.4 is 10.2 Å². The van der Waals surface area contributed by atoms with Gasteiger partial charge in [-0.2, -0.15) is 0 Å². The summed E-state index contributed by atoms with van der Waals surface area (Å²) in [4.78, 5) is 39.8. The Balaban J connectivity index is 1.70. The molecule has 2 aliphatic heterocycles. The van der Waals surface area contributed by atoms with Gasteiger partial charge in [0.2, 0.25) is 5.91 Å². The number of piperidine rings is 1. The number of hydrogen-bond donors (Lipinski definition) is 1. The number of amides is 2. The van der Waals surface area contributed by atoms with Crippen molar-refractivity contribution < 1.29 is 14.5 Å². The first-order valence-electron chi connectivity index (χ1n) is 10.00. The molecule has 28 heavy (non-hydrogen) atoms. The Morgan fingerprint density at radius 3 is 2.36 bits per heavy atom. The van der Waals surface area contributed by atoms with E-state index in [0.29, 0.717) is 31.6 Å². The third-order valence-corrected chi connectivity index (χ3v) is 5.46. The van der Waals surface area contributed by atoms with Crippen LogP contribution in [0.2, 0.25) is 0 Å². The van der Waals surface area contributed by atoms with Gasteiger partial charge in [-0.05, 0) is 51.7 Å². The number of benzene rings is 1. The zero-order chi connectivity index (χ0) is 20.3. The number of carbonyl (C=O) groups excluding carboxylic acids is 2. The van der Waals surface area contributed by atoms with E-state index in [-0.39, 0.29) is 35.0 Å². The summed E-state index contributed by atoms with van der Waals surface area (Å²) in [5.74, 6) is -0.0866. The molecule has 2 saturated heterocycles. The minimum absolute atomic E-state index is 0.00417. The number of hydrogen-bond acceptors (Lipinski definition) is 5. The van der Waals surface area contributed by atoms with Crippen molar-refractivity contribution in [3.8, 4) is 0 Å². The minimum atomic E-state index is -0.442. The molecule has 0 saturated carbocycles. The third kappa shape index (κ3) is 4.43. The zero-order valence-electron chi connectivity index (χ0n) is 16.5. The van der Waals surface area contributed by atoms with Gasteiger partial charge >= 0.3 is 0 Å². The van der Waals surface area contributed by atoms with Crippen molar-refractivity contribution in [1.82, 2.24) is 10.2 Å². The molecule has 0 aliphatic carbocycles. The van der Waals surface area contributed by atoms with Crippen molar-refractivity contribution in [2.24, 2.45) is 5.92 Å². The van der Waals surface area contributed by atoms with Crippen molar-refractivity contribution in [2.75, 3.05) is 31.1 Å². The van der Waals surface area contributed by atoms with Gasteiger partial charge in [0.25, 0.3) is 11.6 Å². The number of nitrogens with zero attached hydrogens (tertiary/aromatic N) is 3. The smallest absolute Gasteiger partial charge is 0.293 e. The van der Waals surface area contributed by atoms with E-state index in [2.05, 4.69) is 5.32 Å². The molecule has 2 fully saturated rings. The Bertz CT molecular complexity index is 751. The average molecular weight is 388 g/mol. The molecule has 8 heteroatoms. The van der Waals surface area contributed by atoms with Crippen LogP contribution in [0.15, 0.2) is 18.2 Å². The highest BCUT2D eigenvalue weighted by Gasteiger charge is 2.32. The van der Waals surface area contributed by atoms with E-state index in [0.717, 1.165) is 25.9 Å². The van der Waals surface area contributed by atoms with E-state index in [1.807, 2.05) is 23.6 Å². The van der Waals surface area contributed by atoms with Crippen LogP contribution in [-0.4, -0.2) is 53.9 Å². The highest BCUT2D eigenvalue weighted by molar-refractivity contribution is 5.96. The Kier molecular flexibility index (Phi) is 6.16. The van der Waals surface area contributed by atoms with Crippen LogP contribution in [-0.2, 0) is 4.79 Å². The molecule has 2 amide bonds. The summed E-state index contributed by atoms with van der Waals surface area (Å²) in [7, 11) is 0. The molecule has 8 nitrogen and oxygen atoms in total. The van der Waals surface area contributed by atoms with Crippen LogP contribution >= 0.6 is 0 Å². The normalized spacial score (nSPS) is 17.8. The van der Waals surface area contributed by atoms with E-state index in [1.54, 1.807) is 12.1 Å². The predicted octanol–water partition coefficient (Wildman–Crippen LogP) is 2.57. The second-order valence-electron chi connectivity index (χ2n) is 7.88. The number of anilines is 1. The first-order valence-corrected chi connectivity index (χ1v) is 10.00. The van der Waals surface area contributed by atoms with Crippen LogP contribution in [0.25, 0.3) is 0 Å². The van der Waals surface area contributed by atoms with Gasteiger partial charge in [0, 0.05) is 49.8 Å². The molecule has 0 unspecified atom stereocenters. The molecular formula is C20H28N4O4. The number of nitro benzene ring substituents is 1. The topological polar surface area (TPSA) is 95.8 Å². The number of carbonyl (C=O) groups is 2. The van der Waals surface area contributed by atoms with Gasteiger partial charge in [-0.3, -0.25) is 19.7 Å². The van der Waals surface area contributed by atoms with Crippen molar-refractivity contribution >= 4 is 23.2 Å². The van der Waals surface area contributed by atoms with Crippen molar-refractivity contribution in [3.05, 3.63) is 33.9 Å². The number of rotatable bonds is 5. The predicted molar refractivity (Wildman–Crippen MR) is 106 cm³/mol. The number of nitro groups is 1. The number of likely N-dealkylation sites (tertiary alicyclic amines) is 1. The lowest BCUT2D eigenvalue weighted by Gasteiger charge is -2.34. The van der Waals surface area contributed by atoms with Gasteiger partial charge < -0.3 is 15.1 Å². The SMILES string of the molecule is CC(C)NC(=O)c1ccc(N2CCC(C(=O)N3CCCC3)CC2)c([N+](=O)[O-])c1. The summed E-state index contributed by atoms with van der Waals surface area (Å²) in [5, 5.41) is 14.3. The van der Waals surface area contributed by atoms with E-state index in [9.17, 15) is 19.7 Å². The Morgan fingerprint density at radius 1 is 1.14 bits per heavy atom. The maximum absolute atomic E-state index is 12.6. The molecule has 1 aromatic carbocycles. The molecule has 1 aromatic rings. The van der Waals surface area contributed by atoms with Gasteiger partial charge in [0.05, 0.1) is 4.92 Å². The van der Waals surface area contributed by atoms with E-state index < -0.39 is 4.92 Å². The van der Waals surface area contributed by atoms with E-state index in [4.69, 9.17) is 0 Å². The van der Waals surface area contributed by atoms with Crippen molar-refractivity contribution in [2.45, 2.75) is 45.6 Å². The second-order valence-corrected chi connectivity index (χ2v) is 7.88. The summed E-state index contributed by atoms with van der Waals surface area (Å²) in [6.45, 7) is 6.59. The highest BCUT2D eigenvalue weighted by atomic mass is 16.6. The van der Waals surface area contributed by atoms with Crippen LogP contribution in [0, 0.1) is 16.0 Å². The fourth-order valence-electron chi connectivity index (χ4n) is 3.99. The lowest BCUT2D eigenvalue weighted by Crippen LogP contribution is -2.41. The fourth-order valence-corrected chi connectivity index (χ4v) is 3.99. The highest BCUT2D eigenvalue weighted by Crippen LogP contribution is 2.33. The second kappa shape index (κ2) is 8.58. The Morgan fingerprint density at radius 2 is 1.79 bits per heavy atom. The first-order chi connectivity index (χ1) is 13.4. The van der Waals surface area contributed by atoms with E-state index >= 15 is 0 Å². The molecule has 3 rings (SSSR count). The largest absolute Gasteiger partial charge is 0.366 e. The maximum Gasteiger partial charge on any atom is 0.293 e. The van der Waals surface area contributed by atoms with Gasteiger partial charge in [-0.25, -0.2) is 0 Å². The Labute approximate surface area is 165 Å². The quantitative estimate of drug-likeness (QED) is 0.618. The molecule has 0 spiro atoms. The average Bonchev–Trinajstić information content (AvgIpc) is 3.21. The minimum Gasteiger partial charge on any atom is -0.366 e. The summed E-state index contributed by atoms with van der Waals surface area (Å²) in [6, 6.07) is 4.57. The molecule has 0 aromatic heterocycles. The standard InChI is InChI=1S/C20H28N4O4/c1-14(2)21-19(25)16-5-6-17(18(13-16)24(27)28)22-11-7-15(8-12-22)20(26)23-9-3-4-10-23/h5-6,13-15H,3-4,7-12H2,1-2H3,(H,21,25). The van der Waals surface area contributed by atoms with Gasteiger partial charge in [-0.15, -0.1) is 0 Å². The molecule has 0 atom stereocenters. The maximum atomic E-state index is 12.6. The van der Waals surface area contributed by atoms with Crippen LogP contribution in [0.4, 0.5) is 11.4 Å².